The van der Waals surface area contributed by atoms with E-state index in [1.807, 2.05) is 0 Å². The standard InChI is InChI=1S/C17H12BrN3O4/c18-10-3-5-11(6-4-10)20-16(17(22)23)13-7-12(9-1-2-9)15(21(24)25)8-14(13)19-20/h3-9H,1-2H2,(H,22,23). The molecule has 1 heterocycles. The number of nitro benzene ring substituents is 1. The maximum atomic E-state index is 11.8. The smallest absolute Gasteiger partial charge is 0.355 e. The van der Waals surface area contributed by atoms with Crippen molar-refractivity contribution in [3.63, 3.8) is 0 Å². The average molecular weight is 402 g/mol. The van der Waals surface area contributed by atoms with E-state index in [0.29, 0.717) is 22.2 Å². The molecule has 1 N–H and O–H groups in total. The Hall–Kier alpha value is -2.74. The molecular formula is C17H12BrN3O4. The summed E-state index contributed by atoms with van der Waals surface area (Å²) in [6, 6.07) is 10.0. The van der Waals surface area contributed by atoms with Crippen LogP contribution in [0, 0.1) is 10.1 Å². The number of nitro groups is 1. The Morgan fingerprint density at radius 3 is 2.52 bits per heavy atom. The van der Waals surface area contributed by atoms with E-state index in [2.05, 4.69) is 21.0 Å². The minimum Gasteiger partial charge on any atom is -0.476 e. The minimum absolute atomic E-state index is 0.00685. The lowest BCUT2D eigenvalue weighted by Gasteiger charge is -2.04. The number of fused-ring (bicyclic) bond motifs is 1. The van der Waals surface area contributed by atoms with Gasteiger partial charge in [-0.1, -0.05) is 15.9 Å². The van der Waals surface area contributed by atoms with Crippen LogP contribution in [-0.2, 0) is 0 Å². The lowest BCUT2D eigenvalue weighted by atomic mass is 10.0. The van der Waals surface area contributed by atoms with Gasteiger partial charge in [0.15, 0.2) is 5.69 Å². The molecule has 0 radical (unpaired) electrons. The molecule has 1 aromatic heterocycles. The molecule has 1 fully saturated rings. The van der Waals surface area contributed by atoms with Crippen molar-refractivity contribution in [2.75, 3.05) is 0 Å². The number of carbonyl (C=O) groups is 1. The van der Waals surface area contributed by atoms with E-state index in [1.165, 1.54) is 10.7 Å². The summed E-state index contributed by atoms with van der Waals surface area (Å²) in [6.07, 6.45) is 1.77. The first-order valence-corrected chi connectivity index (χ1v) is 8.45. The summed E-state index contributed by atoms with van der Waals surface area (Å²) in [5.41, 5.74) is 1.49. The van der Waals surface area contributed by atoms with E-state index >= 15 is 0 Å². The molecule has 2 aromatic carbocycles. The number of aromatic carboxylic acids is 1. The summed E-state index contributed by atoms with van der Waals surface area (Å²) < 4.78 is 2.18. The first-order chi connectivity index (χ1) is 12.0. The predicted octanol–water partition coefficient (Wildman–Crippen LogP) is 4.27. The Labute approximate surface area is 150 Å². The van der Waals surface area contributed by atoms with Crippen molar-refractivity contribution >= 4 is 38.5 Å². The number of carboxylic acids is 1. The number of halogens is 1. The number of hydrogen-bond donors (Lipinski definition) is 1. The molecule has 0 aliphatic heterocycles. The lowest BCUT2D eigenvalue weighted by molar-refractivity contribution is -0.385. The monoisotopic (exact) mass is 401 g/mol. The third-order valence-electron chi connectivity index (χ3n) is 4.31. The van der Waals surface area contributed by atoms with E-state index < -0.39 is 10.9 Å². The van der Waals surface area contributed by atoms with E-state index in [-0.39, 0.29) is 17.3 Å². The molecule has 0 atom stereocenters. The number of aromatic nitrogens is 2. The second kappa shape index (κ2) is 5.66. The summed E-state index contributed by atoms with van der Waals surface area (Å²) in [6.45, 7) is 0. The van der Waals surface area contributed by atoms with Gasteiger partial charge in [-0.3, -0.25) is 10.1 Å². The molecular weight excluding hydrogens is 390 g/mol. The number of nitrogens with zero attached hydrogens (tertiary/aromatic N) is 3. The van der Waals surface area contributed by atoms with E-state index in [1.54, 1.807) is 30.3 Å². The maximum absolute atomic E-state index is 11.8. The van der Waals surface area contributed by atoms with Gasteiger partial charge in [0.2, 0.25) is 0 Å². The second-order valence-corrected chi connectivity index (χ2v) is 6.92. The fourth-order valence-corrected chi connectivity index (χ4v) is 3.26. The van der Waals surface area contributed by atoms with Crippen LogP contribution in [-0.4, -0.2) is 25.8 Å². The molecule has 0 bridgehead atoms. The molecule has 0 spiro atoms. The summed E-state index contributed by atoms with van der Waals surface area (Å²) >= 11 is 3.34. The van der Waals surface area contributed by atoms with Gasteiger partial charge in [-0.15, -0.1) is 0 Å². The first kappa shape index (κ1) is 15.8. The molecule has 1 aliphatic carbocycles. The Morgan fingerprint density at radius 2 is 1.96 bits per heavy atom. The van der Waals surface area contributed by atoms with Crippen molar-refractivity contribution in [2.24, 2.45) is 0 Å². The first-order valence-electron chi connectivity index (χ1n) is 7.66. The number of hydrogen-bond acceptors (Lipinski definition) is 4. The zero-order valence-corrected chi connectivity index (χ0v) is 14.4. The number of carboxylic acid groups (broad SMARTS) is 1. The van der Waals surface area contributed by atoms with Crippen LogP contribution in [0.3, 0.4) is 0 Å². The Balaban J connectivity index is 2.01. The molecule has 126 valence electrons. The number of benzene rings is 2. The van der Waals surface area contributed by atoms with Gasteiger partial charge in [0.05, 0.1) is 10.6 Å². The molecule has 0 unspecified atom stereocenters. The molecule has 0 amide bonds. The maximum Gasteiger partial charge on any atom is 0.355 e. The van der Waals surface area contributed by atoms with Crippen molar-refractivity contribution in [3.05, 3.63) is 62.2 Å². The largest absolute Gasteiger partial charge is 0.476 e. The van der Waals surface area contributed by atoms with Crippen molar-refractivity contribution in [1.29, 1.82) is 0 Å². The van der Waals surface area contributed by atoms with Crippen molar-refractivity contribution in [2.45, 2.75) is 18.8 Å². The molecule has 7 nitrogen and oxygen atoms in total. The van der Waals surface area contributed by atoms with Gasteiger partial charge >= 0.3 is 5.97 Å². The molecule has 1 saturated carbocycles. The van der Waals surface area contributed by atoms with Gasteiger partial charge in [-0.05, 0) is 49.1 Å². The van der Waals surface area contributed by atoms with Crippen molar-refractivity contribution in [1.82, 2.24) is 9.78 Å². The summed E-state index contributed by atoms with van der Waals surface area (Å²) in [4.78, 5) is 22.8. The Bertz CT molecular complexity index is 1020. The third-order valence-corrected chi connectivity index (χ3v) is 4.84. The molecule has 1 aliphatic rings. The number of rotatable bonds is 4. The van der Waals surface area contributed by atoms with Crippen LogP contribution in [0.4, 0.5) is 5.69 Å². The van der Waals surface area contributed by atoms with E-state index in [9.17, 15) is 20.0 Å². The fourth-order valence-electron chi connectivity index (χ4n) is 2.99. The highest BCUT2D eigenvalue weighted by Gasteiger charge is 2.33. The van der Waals surface area contributed by atoms with Crippen LogP contribution in [0.5, 0.6) is 0 Å². The van der Waals surface area contributed by atoms with Crippen molar-refractivity contribution < 1.29 is 14.8 Å². The van der Waals surface area contributed by atoms with Crippen molar-refractivity contribution in [3.8, 4) is 5.69 Å². The van der Waals surface area contributed by atoms with Crippen LogP contribution in [0.1, 0.15) is 34.8 Å². The Morgan fingerprint density at radius 1 is 1.28 bits per heavy atom. The van der Waals surface area contributed by atoms with Crippen LogP contribution >= 0.6 is 15.9 Å². The van der Waals surface area contributed by atoms with Gasteiger partial charge in [-0.2, -0.15) is 5.10 Å². The highest BCUT2D eigenvalue weighted by Crippen LogP contribution is 2.45. The molecule has 0 saturated heterocycles. The topological polar surface area (TPSA) is 98.3 Å². The van der Waals surface area contributed by atoms with E-state index in [4.69, 9.17) is 0 Å². The summed E-state index contributed by atoms with van der Waals surface area (Å²) in [5, 5.41) is 25.8. The van der Waals surface area contributed by atoms with Crippen LogP contribution in [0.15, 0.2) is 40.9 Å². The van der Waals surface area contributed by atoms with Gasteiger partial charge < -0.3 is 5.11 Å². The molecule has 8 heteroatoms. The quantitative estimate of drug-likeness (QED) is 0.519. The fraction of sp³-hybridized carbons (Fsp3) is 0.176. The van der Waals surface area contributed by atoms with Gasteiger partial charge in [0, 0.05) is 21.5 Å². The lowest BCUT2D eigenvalue weighted by Crippen LogP contribution is -2.08. The SMILES string of the molecule is O=C(O)c1c2cc(C3CC3)c([N+](=O)[O-])cc2nn1-c1ccc(Br)cc1. The molecule has 25 heavy (non-hydrogen) atoms. The van der Waals surface area contributed by atoms with Crippen LogP contribution in [0.2, 0.25) is 0 Å². The summed E-state index contributed by atoms with van der Waals surface area (Å²) in [7, 11) is 0. The van der Waals surface area contributed by atoms with Gasteiger partial charge in [0.1, 0.15) is 5.52 Å². The Kier molecular flexibility index (Phi) is 3.57. The van der Waals surface area contributed by atoms with Gasteiger partial charge in [-0.25, -0.2) is 9.48 Å². The highest BCUT2D eigenvalue weighted by molar-refractivity contribution is 9.10. The predicted molar refractivity (Wildman–Crippen MR) is 94.4 cm³/mol. The van der Waals surface area contributed by atoms with Gasteiger partial charge in [0.25, 0.3) is 5.69 Å². The van der Waals surface area contributed by atoms with E-state index in [0.717, 1.165) is 17.3 Å². The van der Waals surface area contributed by atoms with Crippen LogP contribution < -0.4 is 0 Å². The zero-order valence-electron chi connectivity index (χ0n) is 12.8. The highest BCUT2D eigenvalue weighted by atomic mass is 79.9. The normalized spacial score (nSPS) is 14.0. The van der Waals surface area contributed by atoms with Crippen LogP contribution in [0.25, 0.3) is 16.6 Å². The zero-order chi connectivity index (χ0) is 17.7. The summed E-state index contributed by atoms with van der Waals surface area (Å²) in [5.74, 6) is -0.997. The molecule has 3 aromatic rings. The average Bonchev–Trinajstić information content (AvgIpc) is 3.34. The molecule has 4 rings (SSSR count). The second-order valence-electron chi connectivity index (χ2n) is 6.00. The minimum atomic E-state index is -1.12. The third kappa shape index (κ3) is 2.68.